The van der Waals surface area contributed by atoms with Gasteiger partial charge in [-0.05, 0) is 29.7 Å². The van der Waals surface area contributed by atoms with E-state index in [1.165, 1.54) is 5.56 Å². The molecular weight excluding hydrogens is 366 g/mol. The van der Waals surface area contributed by atoms with Crippen LogP contribution in [0.25, 0.3) is 0 Å². The number of carbonyl (C=O) groups excluding carboxylic acids is 2. The van der Waals surface area contributed by atoms with Crippen molar-refractivity contribution in [1.29, 1.82) is 0 Å². The lowest BCUT2D eigenvalue weighted by Gasteiger charge is -2.22. The maximum Gasteiger partial charge on any atom is 0.313 e. The van der Waals surface area contributed by atoms with Crippen LogP contribution in [0.4, 0.5) is 5.69 Å². The van der Waals surface area contributed by atoms with Crippen molar-refractivity contribution in [2.24, 2.45) is 11.8 Å². The summed E-state index contributed by atoms with van der Waals surface area (Å²) in [6.45, 7) is 2.72. The van der Waals surface area contributed by atoms with E-state index in [1.807, 2.05) is 66.7 Å². The molecule has 0 radical (unpaired) electrons. The highest BCUT2D eigenvalue weighted by atomic mass is 16.6. The first-order valence-corrected chi connectivity index (χ1v) is 10.1. The number of rotatable bonds is 5. The fraction of sp³-hybridized carbons (Fsp3) is 0.333. The van der Waals surface area contributed by atoms with E-state index in [9.17, 15) is 9.59 Å². The van der Waals surface area contributed by atoms with Crippen LogP contribution in [0.2, 0.25) is 0 Å². The van der Waals surface area contributed by atoms with Crippen molar-refractivity contribution in [2.45, 2.75) is 31.7 Å². The first kappa shape index (κ1) is 18.1. The Morgan fingerprint density at radius 1 is 1.14 bits per heavy atom. The maximum atomic E-state index is 13.3. The van der Waals surface area contributed by atoms with Crippen LogP contribution in [0.15, 0.2) is 66.7 Å². The Kier molecular flexibility index (Phi) is 4.28. The van der Waals surface area contributed by atoms with Gasteiger partial charge in [0.1, 0.15) is 18.1 Å². The highest BCUT2D eigenvalue weighted by Crippen LogP contribution is 2.52. The van der Waals surface area contributed by atoms with Crippen molar-refractivity contribution in [1.82, 2.24) is 0 Å². The Balaban J connectivity index is 1.37. The van der Waals surface area contributed by atoms with Crippen LogP contribution in [-0.2, 0) is 32.1 Å². The first-order valence-electron chi connectivity index (χ1n) is 10.1. The molecule has 5 nitrogen and oxygen atoms in total. The summed E-state index contributed by atoms with van der Waals surface area (Å²) in [7, 11) is 0. The van der Waals surface area contributed by atoms with Gasteiger partial charge in [-0.15, -0.1) is 0 Å². The third kappa shape index (κ3) is 2.88. The van der Waals surface area contributed by atoms with E-state index in [1.54, 1.807) is 4.90 Å². The number of nitrogens with zero attached hydrogens (tertiary/aromatic N) is 1. The maximum absolute atomic E-state index is 13.3. The molecular formula is C24H23NO4. The predicted molar refractivity (Wildman–Crippen MR) is 108 cm³/mol. The summed E-state index contributed by atoms with van der Waals surface area (Å²) in [4.78, 5) is 28.0. The molecule has 2 aromatic carbocycles. The molecule has 0 unspecified atom stereocenters. The average Bonchev–Trinajstić information content (AvgIpc) is 3.41. The number of ether oxygens (including phenoxy) is 2. The van der Waals surface area contributed by atoms with Crippen LogP contribution in [-0.4, -0.2) is 30.1 Å². The summed E-state index contributed by atoms with van der Waals surface area (Å²) >= 11 is 0. The summed E-state index contributed by atoms with van der Waals surface area (Å²) in [5, 5.41) is 0. The van der Waals surface area contributed by atoms with Crippen molar-refractivity contribution in [3.8, 4) is 0 Å². The fourth-order valence-corrected chi connectivity index (χ4v) is 4.72. The molecule has 5 heteroatoms. The predicted octanol–water partition coefficient (Wildman–Crippen LogP) is 3.28. The lowest BCUT2D eigenvalue weighted by atomic mass is 9.77. The molecule has 0 N–H and O–H groups in total. The summed E-state index contributed by atoms with van der Waals surface area (Å²) in [6.07, 6.45) is 4.42. The topological polar surface area (TPSA) is 55.8 Å². The lowest BCUT2D eigenvalue weighted by Crippen LogP contribution is -2.40. The van der Waals surface area contributed by atoms with Crippen LogP contribution < -0.4 is 4.90 Å². The van der Waals surface area contributed by atoms with Crippen LogP contribution in [0, 0.1) is 11.8 Å². The van der Waals surface area contributed by atoms with E-state index in [4.69, 9.17) is 9.47 Å². The van der Waals surface area contributed by atoms with Crippen LogP contribution in [0.5, 0.6) is 0 Å². The van der Waals surface area contributed by atoms with Crippen molar-refractivity contribution in [3.05, 3.63) is 77.9 Å². The fourth-order valence-electron chi connectivity index (χ4n) is 4.72. The van der Waals surface area contributed by atoms with Crippen molar-refractivity contribution < 1.29 is 19.1 Å². The van der Waals surface area contributed by atoms with Gasteiger partial charge in [-0.1, -0.05) is 61.5 Å². The van der Waals surface area contributed by atoms with Gasteiger partial charge in [-0.2, -0.15) is 0 Å². The summed E-state index contributed by atoms with van der Waals surface area (Å²) < 4.78 is 11.7. The van der Waals surface area contributed by atoms with Gasteiger partial charge in [0.15, 0.2) is 0 Å². The van der Waals surface area contributed by atoms with Gasteiger partial charge in [0, 0.05) is 5.69 Å². The minimum absolute atomic E-state index is 0.0669. The second-order valence-electron chi connectivity index (χ2n) is 7.94. The van der Waals surface area contributed by atoms with Gasteiger partial charge in [0.05, 0.1) is 18.6 Å². The molecule has 2 bridgehead atoms. The zero-order valence-electron chi connectivity index (χ0n) is 16.3. The Hall–Kier alpha value is -2.92. The van der Waals surface area contributed by atoms with E-state index in [0.717, 1.165) is 17.7 Å². The number of amides is 1. The number of aryl methyl sites for hydroxylation is 1. The molecule has 2 fully saturated rings. The molecule has 4 atom stereocenters. The number of carbonyl (C=O) groups is 2. The largest absolute Gasteiger partial charge is 0.460 e. The standard InChI is InChI=1S/C24H23NO4/c1-2-16-8-10-18(11-9-16)25-15-24-13-12-19(29-24)20(21(24)22(25)26)23(27)28-14-17-6-4-3-5-7-17/h3-13,19-21H,2,14-15H2,1H3/t19-,20+,21-,24+/m0/s1. The zero-order chi connectivity index (χ0) is 20.0. The van der Waals surface area contributed by atoms with E-state index >= 15 is 0 Å². The zero-order valence-corrected chi connectivity index (χ0v) is 16.3. The van der Waals surface area contributed by atoms with E-state index < -0.39 is 23.5 Å². The molecule has 0 aliphatic carbocycles. The van der Waals surface area contributed by atoms with Crippen molar-refractivity contribution in [2.75, 3.05) is 11.4 Å². The Morgan fingerprint density at radius 3 is 2.62 bits per heavy atom. The Bertz CT molecular complexity index is 968. The number of anilines is 1. The number of hydrogen-bond donors (Lipinski definition) is 0. The van der Waals surface area contributed by atoms with Gasteiger partial charge < -0.3 is 14.4 Å². The molecule has 0 aromatic heterocycles. The molecule has 148 valence electrons. The van der Waals surface area contributed by atoms with Crippen LogP contribution in [0.3, 0.4) is 0 Å². The molecule has 3 heterocycles. The average molecular weight is 389 g/mol. The number of fused-ring (bicyclic) bond motifs is 1. The lowest BCUT2D eigenvalue weighted by molar-refractivity contribution is -0.153. The van der Waals surface area contributed by atoms with E-state index in [2.05, 4.69) is 6.92 Å². The highest BCUT2D eigenvalue weighted by Gasteiger charge is 2.67. The molecule has 5 rings (SSSR count). The number of benzene rings is 2. The number of hydrogen-bond acceptors (Lipinski definition) is 4. The second kappa shape index (κ2) is 6.85. The van der Waals surface area contributed by atoms with Crippen LogP contribution in [0.1, 0.15) is 18.1 Å². The van der Waals surface area contributed by atoms with Crippen molar-refractivity contribution >= 4 is 17.6 Å². The van der Waals surface area contributed by atoms with Gasteiger partial charge in [0.25, 0.3) is 0 Å². The molecule has 2 saturated heterocycles. The Labute approximate surface area is 169 Å². The molecule has 3 aliphatic rings. The summed E-state index contributed by atoms with van der Waals surface area (Å²) in [5.41, 5.74) is 2.25. The molecule has 2 aromatic rings. The molecule has 1 amide bonds. The van der Waals surface area contributed by atoms with Gasteiger partial charge >= 0.3 is 5.97 Å². The Morgan fingerprint density at radius 2 is 1.90 bits per heavy atom. The van der Waals surface area contributed by atoms with Crippen LogP contribution >= 0.6 is 0 Å². The minimum Gasteiger partial charge on any atom is -0.460 e. The molecule has 3 aliphatic heterocycles. The minimum atomic E-state index is -0.735. The van der Waals surface area contributed by atoms with E-state index in [0.29, 0.717) is 6.54 Å². The smallest absolute Gasteiger partial charge is 0.313 e. The van der Waals surface area contributed by atoms with Gasteiger partial charge in [-0.3, -0.25) is 9.59 Å². The van der Waals surface area contributed by atoms with Gasteiger partial charge in [0.2, 0.25) is 5.91 Å². The van der Waals surface area contributed by atoms with Crippen molar-refractivity contribution in [3.63, 3.8) is 0 Å². The SMILES string of the molecule is CCc1ccc(N2C[C@@]34C=C[C@H](O3)[C@@H](C(=O)OCc3ccccc3)[C@H]4C2=O)cc1. The molecule has 1 spiro atoms. The first-order chi connectivity index (χ1) is 14.1. The third-order valence-electron chi connectivity index (χ3n) is 6.25. The monoisotopic (exact) mass is 389 g/mol. The van der Waals surface area contributed by atoms with Gasteiger partial charge in [-0.25, -0.2) is 0 Å². The second-order valence-corrected chi connectivity index (χ2v) is 7.94. The summed E-state index contributed by atoms with van der Waals surface area (Å²) in [5.74, 6) is -1.57. The quantitative estimate of drug-likeness (QED) is 0.582. The molecule has 0 saturated carbocycles. The number of esters is 1. The van der Waals surface area contributed by atoms with E-state index in [-0.39, 0.29) is 18.5 Å². The highest BCUT2D eigenvalue weighted by molar-refractivity contribution is 6.02. The third-order valence-corrected chi connectivity index (χ3v) is 6.25. The normalized spacial score (nSPS) is 29.3. The molecule has 29 heavy (non-hydrogen) atoms. The summed E-state index contributed by atoms with van der Waals surface area (Å²) in [6, 6.07) is 17.6.